The van der Waals surface area contributed by atoms with Gasteiger partial charge in [-0.25, -0.2) is 4.98 Å². The molecule has 15 heteroatoms. The van der Waals surface area contributed by atoms with Crippen molar-refractivity contribution in [3.8, 4) is 17.1 Å². The lowest BCUT2D eigenvalue weighted by Gasteiger charge is -2.57. The number of anilines is 2. The summed E-state index contributed by atoms with van der Waals surface area (Å²) in [7, 11) is 0. The first-order valence-corrected chi connectivity index (χ1v) is 19.1. The van der Waals surface area contributed by atoms with Crippen LogP contribution in [0.4, 0.5) is 11.6 Å². The predicted molar refractivity (Wildman–Crippen MR) is 196 cm³/mol. The first-order chi connectivity index (χ1) is 25.6. The lowest BCUT2D eigenvalue weighted by Crippen LogP contribution is -2.58. The lowest BCUT2D eigenvalue weighted by molar-refractivity contribution is -0.136. The molecule has 7 heterocycles. The molecular weight excluding hydrogens is 674 g/mol. The third-order valence-electron chi connectivity index (χ3n) is 12.3. The Bertz CT molecular complexity index is 2050. The summed E-state index contributed by atoms with van der Waals surface area (Å²) < 4.78 is 7.91. The zero-order valence-corrected chi connectivity index (χ0v) is 30.5. The van der Waals surface area contributed by atoms with Crippen molar-refractivity contribution in [2.45, 2.75) is 96.5 Å². The first kappa shape index (κ1) is 33.8. The van der Waals surface area contributed by atoms with E-state index in [1.807, 2.05) is 19.9 Å². The number of nitrogens with one attached hydrogen (secondary N) is 3. The Kier molecular flexibility index (Phi) is 8.35. The van der Waals surface area contributed by atoms with Crippen molar-refractivity contribution >= 4 is 35.0 Å². The minimum atomic E-state index is -0.587. The van der Waals surface area contributed by atoms with E-state index in [1.54, 1.807) is 28.0 Å². The van der Waals surface area contributed by atoms with Crippen LogP contribution in [0, 0.1) is 11.3 Å². The number of carbonyl (C=O) groups is 3. The van der Waals surface area contributed by atoms with Crippen LogP contribution in [-0.4, -0.2) is 108 Å². The van der Waals surface area contributed by atoms with Crippen molar-refractivity contribution < 1.29 is 19.1 Å². The number of H-pyrrole nitrogens is 1. The number of benzene rings is 1. The van der Waals surface area contributed by atoms with Gasteiger partial charge < -0.3 is 19.9 Å². The molecule has 1 saturated carbocycles. The highest BCUT2D eigenvalue weighted by atomic mass is 16.5. The number of aromatic amines is 1. The number of carbonyl (C=O) groups excluding carboxylic acids is 3. The maximum atomic E-state index is 13.2. The van der Waals surface area contributed by atoms with Crippen LogP contribution in [0.3, 0.4) is 0 Å². The zero-order valence-electron chi connectivity index (χ0n) is 30.5. The summed E-state index contributed by atoms with van der Waals surface area (Å²) in [4.78, 5) is 53.5. The molecule has 3 atom stereocenters. The van der Waals surface area contributed by atoms with E-state index < -0.39 is 6.04 Å². The largest absolute Gasteiger partial charge is 0.473 e. The number of aromatic nitrogens is 6. The Balaban J connectivity index is 0.779. The molecule has 1 unspecified atom stereocenters. The fourth-order valence-electron chi connectivity index (χ4n) is 9.30. The minimum Gasteiger partial charge on any atom is -0.473 e. The Labute approximate surface area is 307 Å². The number of rotatable bonds is 8. The highest BCUT2D eigenvalue weighted by molar-refractivity contribution is 6.05. The summed E-state index contributed by atoms with van der Waals surface area (Å²) in [5, 5.41) is 17.8. The molecule has 53 heavy (non-hydrogen) atoms. The van der Waals surface area contributed by atoms with E-state index >= 15 is 0 Å². The van der Waals surface area contributed by atoms with Crippen molar-refractivity contribution in [3.05, 3.63) is 47.9 Å². The summed E-state index contributed by atoms with van der Waals surface area (Å²) in [5.74, 6) is 0.820. The summed E-state index contributed by atoms with van der Waals surface area (Å²) >= 11 is 0. The second kappa shape index (κ2) is 13.1. The van der Waals surface area contributed by atoms with Crippen LogP contribution in [0.5, 0.6) is 5.88 Å². The van der Waals surface area contributed by atoms with Crippen molar-refractivity contribution in [3.63, 3.8) is 0 Å². The Hall–Kier alpha value is -5.05. The SMILES string of the molecule is CC(C)Oc1c(-c2cn[nH]c2)ncc2nc(N[C@H]3CCN(C4CC5(CCN(c6ccc7c(c6)CN(C6CCC(=O)NC6=O)C7=O)CC5)C4)C[C@H]3C)nn12. The molecule has 1 aromatic carbocycles. The Morgan fingerprint density at radius 2 is 1.89 bits per heavy atom. The second-order valence-electron chi connectivity index (χ2n) is 16.1. The zero-order chi connectivity index (χ0) is 36.4. The van der Waals surface area contributed by atoms with Gasteiger partial charge in [0.05, 0.1) is 18.5 Å². The number of piperidine rings is 3. The first-order valence-electron chi connectivity index (χ1n) is 19.1. The average Bonchev–Trinajstić information content (AvgIpc) is 3.88. The molecule has 3 aromatic heterocycles. The molecule has 3 N–H and O–H groups in total. The fourth-order valence-corrected chi connectivity index (χ4v) is 9.30. The second-order valence-corrected chi connectivity index (χ2v) is 16.1. The maximum Gasteiger partial charge on any atom is 0.255 e. The number of hydrogen-bond acceptors (Lipinski definition) is 11. The molecule has 278 valence electrons. The molecule has 0 radical (unpaired) electrons. The Morgan fingerprint density at radius 3 is 2.62 bits per heavy atom. The standard InChI is InChI=1S/C38H47N11O4/c1-22(2)53-36-33(25-17-40-41-18-25)39-19-31-43-37(45-49(31)36)42-29-8-11-47(20-23(29)3)27-15-38(16-27)9-12-46(13-10-38)26-4-5-28-24(14-26)21-48(35(28)52)30-6-7-32(50)44-34(30)51/h4-5,14,17-19,22-23,27,29-30H,6-13,15-16,20-21H2,1-3H3,(H,40,41)(H,42,45)(H,44,50,51)/t23-,29+,30?/m1/s1. The lowest BCUT2D eigenvalue weighted by atomic mass is 9.59. The van der Waals surface area contributed by atoms with E-state index in [0.29, 0.717) is 59.1 Å². The molecule has 3 amide bonds. The van der Waals surface area contributed by atoms with Gasteiger partial charge in [-0.05, 0) is 87.5 Å². The van der Waals surface area contributed by atoms with Crippen molar-refractivity contribution in [2.75, 3.05) is 36.4 Å². The van der Waals surface area contributed by atoms with E-state index in [0.717, 1.165) is 49.4 Å². The van der Waals surface area contributed by atoms with Crippen molar-refractivity contribution in [2.24, 2.45) is 11.3 Å². The van der Waals surface area contributed by atoms with Gasteiger partial charge in [0.15, 0.2) is 5.65 Å². The molecule has 4 aromatic rings. The summed E-state index contributed by atoms with van der Waals surface area (Å²) in [6.07, 6.45) is 11.7. The summed E-state index contributed by atoms with van der Waals surface area (Å²) in [5.41, 5.74) is 5.32. The van der Waals surface area contributed by atoms with Crippen LogP contribution >= 0.6 is 0 Å². The third kappa shape index (κ3) is 6.17. The van der Waals surface area contributed by atoms with Crippen LogP contribution < -0.4 is 20.3 Å². The van der Waals surface area contributed by atoms with Gasteiger partial charge in [0.25, 0.3) is 5.91 Å². The molecule has 15 nitrogen and oxygen atoms in total. The van der Waals surface area contributed by atoms with E-state index in [2.05, 4.69) is 54.7 Å². The number of ether oxygens (including phenoxy) is 1. The van der Waals surface area contributed by atoms with Crippen LogP contribution in [0.1, 0.15) is 81.6 Å². The van der Waals surface area contributed by atoms with Gasteiger partial charge in [-0.2, -0.15) is 14.6 Å². The highest BCUT2D eigenvalue weighted by Crippen LogP contribution is 2.52. The van der Waals surface area contributed by atoms with Crippen LogP contribution in [0.25, 0.3) is 16.9 Å². The van der Waals surface area contributed by atoms with Crippen LogP contribution in [0.15, 0.2) is 36.8 Å². The molecule has 3 saturated heterocycles. The molecular formula is C38H47N11O4. The van der Waals surface area contributed by atoms with E-state index in [-0.39, 0.29) is 36.3 Å². The summed E-state index contributed by atoms with van der Waals surface area (Å²) in [6.45, 7) is 10.8. The number of fused-ring (bicyclic) bond motifs is 2. The molecule has 9 rings (SSSR count). The van der Waals surface area contributed by atoms with Gasteiger partial charge in [0, 0.05) is 74.2 Å². The number of imide groups is 1. The number of nitrogens with zero attached hydrogens (tertiary/aromatic N) is 8. The molecule has 4 aliphatic heterocycles. The highest BCUT2D eigenvalue weighted by Gasteiger charge is 2.49. The average molecular weight is 722 g/mol. The predicted octanol–water partition coefficient (Wildman–Crippen LogP) is 3.63. The molecule has 4 fully saturated rings. The third-order valence-corrected chi connectivity index (χ3v) is 12.3. The van der Waals surface area contributed by atoms with E-state index in [9.17, 15) is 14.4 Å². The summed E-state index contributed by atoms with van der Waals surface area (Å²) in [6, 6.07) is 6.43. The molecule has 0 bridgehead atoms. The topological polar surface area (TPSA) is 166 Å². The van der Waals surface area contributed by atoms with Gasteiger partial charge in [-0.15, -0.1) is 5.10 Å². The van der Waals surface area contributed by atoms with Gasteiger partial charge in [-0.1, -0.05) is 6.92 Å². The van der Waals surface area contributed by atoms with Crippen molar-refractivity contribution in [1.29, 1.82) is 0 Å². The van der Waals surface area contributed by atoms with Gasteiger partial charge >= 0.3 is 0 Å². The van der Waals surface area contributed by atoms with Gasteiger partial charge in [0.1, 0.15) is 11.7 Å². The van der Waals surface area contributed by atoms with Gasteiger partial charge in [-0.3, -0.25) is 29.7 Å². The molecule has 5 aliphatic rings. The molecule has 1 aliphatic carbocycles. The van der Waals surface area contributed by atoms with Crippen LogP contribution in [0.2, 0.25) is 0 Å². The van der Waals surface area contributed by atoms with Gasteiger partial charge in [0.2, 0.25) is 23.6 Å². The Morgan fingerprint density at radius 1 is 1.06 bits per heavy atom. The monoisotopic (exact) mass is 721 g/mol. The smallest absolute Gasteiger partial charge is 0.255 e. The maximum absolute atomic E-state index is 13.2. The quantitative estimate of drug-likeness (QED) is 0.228. The van der Waals surface area contributed by atoms with Crippen LogP contribution in [-0.2, 0) is 16.1 Å². The van der Waals surface area contributed by atoms with Crippen molar-refractivity contribution in [1.82, 2.24) is 44.9 Å². The fraction of sp³-hybridized carbons (Fsp3) is 0.553. The number of amides is 3. The number of likely N-dealkylation sites (tertiary alicyclic amines) is 1. The normalized spacial score (nSPS) is 24.9. The minimum absolute atomic E-state index is 0.0596. The van der Waals surface area contributed by atoms with E-state index in [1.165, 1.54) is 25.7 Å². The molecule has 1 spiro atoms. The van der Waals surface area contributed by atoms with E-state index in [4.69, 9.17) is 14.8 Å². The number of hydrogen-bond donors (Lipinski definition) is 3.